The van der Waals surface area contributed by atoms with Gasteiger partial charge in [0, 0.05) is 58.0 Å². The minimum Gasteiger partial charge on any atom is -0.492 e. The van der Waals surface area contributed by atoms with Gasteiger partial charge >= 0.3 is 6.09 Å². The predicted molar refractivity (Wildman–Crippen MR) is 116 cm³/mol. The third-order valence-corrected chi connectivity index (χ3v) is 5.29. The summed E-state index contributed by atoms with van der Waals surface area (Å²) in [5, 5.41) is 0. The van der Waals surface area contributed by atoms with Gasteiger partial charge in [-0.05, 0) is 29.8 Å². The number of nitrogens with zero attached hydrogens (tertiary/aromatic N) is 4. The molecule has 1 aliphatic rings. The fraction of sp³-hybridized carbons (Fsp3) is 0.348. The average Bonchev–Trinajstić information content (AvgIpc) is 3.34. The number of nitrogens with one attached hydrogen (secondary N) is 1. The molecule has 0 bridgehead atoms. The molecule has 0 unspecified atom stereocenters. The lowest BCUT2D eigenvalue weighted by Crippen LogP contribution is -2.49. The summed E-state index contributed by atoms with van der Waals surface area (Å²) >= 11 is 0. The summed E-state index contributed by atoms with van der Waals surface area (Å²) in [4.78, 5) is 27.8. The maximum atomic E-state index is 12.5. The van der Waals surface area contributed by atoms with Crippen LogP contribution < -0.4 is 9.47 Å². The molecule has 0 aliphatic carbocycles. The zero-order chi connectivity index (χ0) is 21.3. The molecule has 162 valence electrons. The van der Waals surface area contributed by atoms with Crippen LogP contribution in [0.5, 0.6) is 11.5 Å². The first-order valence-corrected chi connectivity index (χ1v) is 10.5. The Morgan fingerprint density at radius 2 is 1.87 bits per heavy atom. The number of rotatable bonds is 8. The number of ether oxygens (including phenoxy) is 2. The molecule has 0 atom stereocenters. The van der Waals surface area contributed by atoms with Gasteiger partial charge < -0.3 is 19.4 Å². The number of hydrogen-bond donors (Lipinski definition) is 1. The van der Waals surface area contributed by atoms with Crippen LogP contribution in [-0.4, -0.2) is 70.2 Å². The Labute approximate surface area is 181 Å². The molecule has 0 radical (unpaired) electrons. The summed E-state index contributed by atoms with van der Waals surface area (Å²) in [6, 6.07) is 11.3. The minimum atomic E-state index is -0.292. The predicted octanol–water partition coefficient (Wildman–Crippen LogP) is 2.79. The molecule has 31 heavy (non-hydrogen) atoms. The van der Waals surface area contributed by atoms with E-state index in [4.69, 9.17) is 9.47 Å². The van der Waals surface area contributed by atoms with Gasteiger partial charge in [0.05, 0.1) is 24.8 Å². The van der Waals surface area contributed by atoms with E-state index in [-0.39, 0.29) is 6.09 Å². The Kier molecular flexibility index (Phi) is 7.12. The van der Waals surface area contributed by atoms with Crippen LogP contribution >= 0.6 is 0 Å². The van der Waals surface area contributed by atoms with Gasteiger partial charge in [0.15, 0.2) is 0 Å². The van der Waals surface area contributed by atoms with Crippen molar-refractivity contribution in [2.24, 2.45) is 0 Å². The number of amides is 1. The lowest BCUT2D eigenvalue weighted by Gasteiger charge is -2.33. The molecule has 0 saturated carbocycles. The second-order valence-electron chi connectivity index (χ2n) is 7.44. The standard InChI is InChI=1S/C23H27N5O3/c29-23(28-13-11-27(12-14-28)10-7-20-16-25-18-26-20)31-21-5-3-19(4-6-21)8-15-30-22-2-1-9-24-17-22/h1-6,9,16-18H,7-8,10-15H2,(H,25,26). The highest BCUT2D eigenvalue weighted by atomic mass is 16.6. The molecule has 1 amide bonds. The fourth-order valence-corrected chi connectivity index (χ4v) is 3.46. The molecule has 1 fully saturated rings. The van der Waals surface area contributed by atoms with Crippen LogP contribution in [0.1, 0.15) is 11.3 Å². The molecular formula is C23H27N5O3. The normalized spacial score (nSPS) is 14.4. The van der Waals surface area contributed by atoms with Crippen LogP contribution in [0.3, 0.4) is 0 Å². The van der Waals surface area contributed by atoms with E-state index in [1.807, 2.05) is 42.6 Å². The number of aromatic nitrogens is 3. The van der Waals surface area contributed by atoms with Crippen LogP contribution in [0, 0.1) is 0 Å². The smallest absolute Gasteiger partial charge is 0.415 e. The van der Waals surface area contributed by atoms with Crippen molar-refractivity contribution < 1.29 is 14.3 Å². The van der Waals surface area contributed by atoms with E-state index in [1.165, 1.54) is 0 Å². The minimum absolute atomic E-state index is 0.292. The molecule has 2 aromatic heterocycles. The van der Waals surface area contributed by atoms with Gasteiger partial charge in [0.2, 0.25) is 0 Å². The van der Waals surface area contributed by atoms with Crippen LogP contribution in [0.15, 0.2) is 61.3 Å². The highest BCUT2D eigenvalue weighted by Crippen LogP contribution is 2.15. The fourth-order valence-electron chi connectivity index (χ4n) is 3.46. The van der Waals surface area contributed by atoms with Crippen molar-refractivity contribution in [3.05, 3.63) is 72.6 Å². The number of pyridine rings is 1. The van der Waals surface area contributed by atoms with Crippen molar-refractivity contribution in [2.75, 3.05) is 39.3 Å². The molecular weight excluding hydrogens is 394 g/mol. The molecule has 4 rings (SSSR count). The number of H-pyrrole nitrogens is 1. The number of carbonyl (C=O) groups is 1. The summed E-state index contributed by atoms with van der Waals surface area (Å²) in [7, 11) is 0. The van der Waals surface area contributed by atoms with Crippen molar-refractivity contribution >= 4 is 6.09 Å². The van der Waals surface area contributed by atoms with Gasteiger partial charge in [-0.25, -0.2) is 9.78 Å². The van der Waals surface area contributed by atoms with Gasteiger partial charge in [0.1, 0.15) is 11.5 Å². The first-order chi connectivity index (χ1) is 15.3. The quantitative estimate of drug-likeness (QED) is 0.602. The molecule has 3 heterocycles. The van der Waals surface area contributed by atoms with Crippen molar-refractivity contribution in [2.45, 2.75) is 12.8 Å². The second-order valence-corrected chi connectivity index (χ2v) is 7.44. The zero-order valence-corrected chi connectivity index (χ0v) is 17.4. The Morgan fingerprint density at radius 3 is 2.58 bits per heavy atom. The number of benzene rings is 1. The van der Waals surface area contributed by atoms with Crippen molar-refractivity contribution in [3.63, 3.8) is 0 Å². The Morgan fingerprint density at radius 1 is 1.03 bits per heavy atom. The Bertz CT molecular complexity index is 924. The van der Waals surface area contributed by atoms with Crippen molar-refractivity contribution in [3.8, 4) is 11.5 Å². The molecule has 1 saturated heterocycles. The molecule has 1 N–H and O–H groups in total. The van der Waals surface area contributed by atoms with Gasteiger partial charge in [-0.15, -0.1) is 0 Å². The Hall–Kier alpha value is -3.39. The monoisotopic (exact) mass is 421 g/mol. The lowest BCUT2D eigenvalue weighted by atomic mass is 10.1. The zero-order valence-electron chi connectivity index (χ0n) is 17.4. The molecule has 1 aliphatic heterocycles. The third-order valence-electron chi connectivity index (χ3n) is 5.29. The van der Waals surface area contributed by atoms with E-state index in [1.54, 1.807) is 23.6 Å². The van der Waals surface area contributed by atoms with E-state index < -0.39 is 0 Å². The van der Waals surface area contributed by atoms with Gasteiger partial charge in [-0.3, -0.25) is 9.88 Å². The number of aromatic amines is 1. The van der Waals surface area contributed by atoms with Crippen LogP contribution in [0.4, 0.5) is 4.79 Å². The average molecular weight is 422 g/mol. The van der Waals surface area contributed by atoms with Crippen LogP contribution in [-0.2, 0) is 12.8 Å². The van der Waals surface area contributed by atoms with E-state index in [0.29, 0.717) is 25.4 Å². The third kappa shape index (κ3) is 6.29. The summed E-state index contributed by atoms with van der Waals surface area (Å²) < 4.78 is 11.2. The Balaban J connectivity index is 1.16. The van der Waals surface area contributed by atoms with Gasteiger partial charge in [0.25, 0.3) is 0 Å². The number of carbonyl (C=O) groups excluding carboxylic acids is 1. The topological polar surface area (TPSA) is 83.6 Å². The highest BCUT2D eigenvalue weighted by Gasteiger charge is 2.22. The van der Waals surface area contributed by atoms with Gasteiger partial charge in [-0.1, -0.05) is 12.1 Å². The highest BCUT2D eigenvalue weighted by molar-refractivity contribution is 5.70. The van der Waals surface area contributed by atoms with Crippen LogP contribution in [0.25, 0.3) is 0 Å². The molecule has 1 aromatic carbocycles. The molecule has 0 spiro atoms. The molecule has 3 aromatic rings. The summed E-state index contributed by atoms with van der Waals surface area (Å²) in [5.41, 5.74) is 2.18. The van der Waals surface area contributed by atoms with Crippen LogP contribution in [0.2, 0.25) is 0 Å². The van der Waals surface area contributed by atoms with E-state index >= 15 is 0 Å². The summed E-state index contributed by atoms with van der Waals surface area (Å²) in [6.07, 6.45) is 8.42. The molecule has 8 heteroatoms. The molecule has 8 nitrogen and oxygen atoms in total. The second kappa shape index (κ2) is 10.6. The van der Waals surface area contributed by atoms with Crippen molar-refractivity contribution in [1.82, 2.24) is 24.8 Å². The van der Waals surface area contributed by atoms with E-state index in [9.17, 15) is 4.79 Å². The van der Waals surface area contributed by atoms with Gasteiger partial charge in [-0.2, -0.15) is 0 Å². The SMILES string of the molecule is O=C(Oc1ccc(CCOc2cccnc2)cc1)N1CCN(CCc2c[nH]cn2)CC1. The van der Waals surface area contributed by atoms with E-state index in [0.717, 1.165) is 49.5 Å². The van der Waals surface area contributed by atoms with Crippen molar-refractivity contribution in [1.29, 1.82) is 0 Å². The number of hydrogen-bond acceptors (Lipinski definition) is 6. The maximum absolute atomic E-state index is 12.5. The van der Waals surface area contributed by atoms with E-state index in [2.05, 4.69) is 19.9 Å². The summed E-state index contributed by atoms with van der Waals surface area (Å²) in [6.45, 7) is 4.53. The number of imidazole rings is 1. The first-order valence-electron chi connectivity index (χ1n) is 10.5. The summed E-state index contributed by atoms with van der Waals surface area (Å²) in [5.74, 6) is 1.32. The maximum Gasteiger partial charge on any atom is 0.415 e. The largest absolute Gasteiger partial charge is 0.492 e. The first kappa shape index (κ1) is 20.9. The number of piperazine rings is 1. The lowest BCUT2D eigenvalue weighted by molar-refractivity contribution is 0.111.